The zero-order valence-corrected chi connectivity index (χ0v) is 13.3. The number of carbonyl (C=O) groups excluding carboxylic acids is 2. The quantitative estimate of drug-likeness (QED) is 0.549. The Morgan fingerprint density at radius 3 is 1.50 bits per heavy atom. The van der Waals surface area contributed by atoms with Crippen LogP contribution >= 0.6 is 11.6 Å². The summed E-state index contributed by atoms with van der Waals surface area (Å²) in [5.74, 6) is -3.33. The van der Waals surface area contributed by atoms with E-state index in [0.717, 1.165) is 0 Å². The van der Waals surface area contributed by atoms with Gasteiger partial charge in [0.05, 0.1) is 5.88 Å². The number of benzene rings is 2. The maximum absolute atomic E-state index is 12.3. The van der Waals surface area contributed by atoms with Crippen molar-refractivity contribution in [2.75, 3.05) is 5.88 Å². The first-order chi connectivity index (χ1) is 11.5. The first-order valence-corrected chi connectivity index (χ1v) is 7.56. The number of carboxylic acid groups (broad SMARTS) is 1. The molecule has 7 heteroatoms. The van der Waals surface area contributed by atoms with Gasteiger partial charge in [-0.15, -0.1) is 11.6 Å². The molecule has 0 heterocycles. The zero-order chi connectivity index (χ0) is 17.6. The average molecular weight is 347 g/mol. The summed E-state index contributed by atoms with van der Waals surface area (Å²) in [5, 5.41) is 14.1. The van der Waals surface area contributed by atoms with Crippen molar-refractivity contribution in [3.05, 3.63) is 71.8 Å². The fourth-order valence-corrected chi connectivity index (χ4v) is 2.22. The molecule has 2 aromatic carbocycles. The highest BCUT2D eigenvalue weighted by atomic mass is 35.5. The van der Waals surface area contributed by atoms with Gasteiger partial charge in [0.15, 0.2) is 0 Å². The van der Waals surface area contributed by atoms with Crippen LogP contribution < -0.4 is 10.6 Å². The van der Waals surface area contributed by atoms with E-state index in [4.69, 9.17) is 11.6 Å². The molecule has 3 N–H and O–H groups in total. The molecule has 0 fully saturated rings. The van der Waals surface area contributed by atoms with Crippen LogP contribution in [0.3, 0.4) is 0 Å². The Balaban J connectivity index is 2.25. The number of amides is 2. The third-order valence-corrected chi connectivity index (χ3v) is 3.69. The van der Waals surface area contributed by atoms with Gasteiger partial charge in [-0.05, 0) is 24.3 Å². The molecule has 0 unspecified atom stereocenters. The SMILES string of the molecule is O=C(NC(CCl)(NC(=O)c1ccccc1)C(=O)O)c1ccccc1. The van der Waals surface area contributed by atoms with Crippen LogP contribution in [-0.4, -0.2) is 34.4 Å². The molecule has 6 nitrogen and oxygen atoms in total. The molecule has 2 rings (SSSR count). The molecule has 0 radical (unpaired) electrons. The van der Waals surface area contributed by atoms with Crippen molar-refractivity contribution < 1.29 is 19.5 Å². The van der Waals surface area contributed by atoms with Gasteiger partial charge >= 0.3 is 5.97 Å². The van der Waals surface area contributed by atoms with Crippen LogP contribution in [0.4, 0.5) is 0 Å². The van der Waals surface area contributed by atoms with E-state index in [1.54, 1.807) is 36.4 Å². The fourth-order valence-electron chi connectivity index (χ4n) is 1.97. The summed E-state index contributed by atoms with van der Waals surface area (Å²) >= 11 is 5.77. The predicted molar refractivity (Wildman–Crippen MR) is 88.9 cm³/mol. The van der Waals surface area contributed by atoms with E-state index >= 15 is 0 Å². The second kappa shape index (κ2) is 7.61. The van der Waals surface area contributed by atoms with Gasteiger partial charge in [0.1, 0.15) is 0 Å². The fraction of sp³-hybridized carbons (Fsp3) is 0.118. The number of alkyl halides is 1. The smallest absolute Gasteiger partial charge is 0.351 e. The summed E-state index contributed by atoms with van der Waals surface area (Å²) in [6, 6.07) is 16.1. The van der Waals surface area contributed by atoms with Crippen molar-refractivity contribution in [3.8, 4) is 0 Å². The second-order valence-corrected chi connectivity index (χ2v) is 5.25. The Morgan fingerprint density at radius 1 is 0.833 bits per heavy atom. The summed E-state index contributed by atoms with van der Waals surface area (Å²) in [5.41, 5.74) is -1.62. The topological polar surface area (TPSA) is 95.5 Å². The number of nitrogens with one attached hydrogen (secondary N) is 2. The van der Waals surface area contributed by atoms with E-state index in [1.807, 2.05) is 0 Å². The predicted octanol–water partition coefficient (Wildman–Crippen LogP) is 1.87. The van der Waals surface area contributed by atoms with Crippen molar-refractivity contribution in [2.45, 2.75) is 5.66 Å². The lowest BCUT2D eigenvalue weighted by molar-refractivity contribution is -0.144. The van der Waals surface area contributed by atoms with Gasteiger partial charge in [0.25, 0.3) is 11.8 Å². The zero-order valence-electron chi connectivity index (χ0n) is 12.5. The Morgan fingerprint density at radius 2 is 1.21 bits per heavy atom. The van der Waals surface area contributed by atoms with E-state index in [0.29, 0.717) is 0 Å². The maximum Gasteiger partial charge on any atom is 0.351 e. The van der Waals surface area contributed by atoms with E-state index in [9.17, 15) is 19.5 Å². The van der Waals surface area contributed by atoms with Crippen molar-refractivity contribution in [1.82, 2.24) is 10.6 Å². The van der Waals surface area contributed by atoms with Gasteiger partial charge in [-0.2, -0.15) is 0 Å². The van der Waals surface area contributed by atoms with E-state index in [-0.39, 0.29) is 11.1 Å². The highest BCUT2D eigenvalue weighted by Crippen LogP contribution is 2.10. The highest BCUT2D eigenvalue weighted by molar-refractivity contribution is 6.21. The first-order valence-electron chi connectivity index (χ1n) is 7.03. The van der Waals surface area contributed by atoms with Crippen molar-refractivity contribution in [3.63, 3.8) is 0 Å². The molecule has 0 saturated heterocycles. The summed E-state index contributed by atoms with van der Waals surface area (Å²) in [6.45, 7) is 0. The van der Waals surface area contributed by atoms with E-state index in [2.05, 4.69) is 10.6 Å². The number of carboxylic acids is 1. The van der Waals surface area contributed by atoms with Crippen LogP contribution in [0.1, 0.15) is 20.7 Å². The molecule has 0 aliphatic carbocycles. The molecule has 0 saturated carbocycles. The summed E-state index contributed by atoms with van der Waals surface area (Å²) in [4.78, 5) is 36.2. The highest BCUT2D eigenvalue weighted by Gasteiger charge is 2.41. The molecule has 0 aromatic heterocycles. The first kappa shape index (κ1) is 17.5. The Kier molecular flexibility index (Phi) is 5.55. The lowest BCUT2D eigenvalue weighted by Crippen LogP contribution is -2.67. The van der Waals surface area contributed by atoms with Crippen molar-refractivity contribution >= 4 is 29.4 Å². The third-order valence-electron chi connectivity index (χ3n) is 3.29. The molecule has 0 bridgehead atoms. The summed E-state index contributed by atoms with van der Waals surface area (Å²) in [7, 11) is 0. The molecule has 0 spiro atoms. The van der Waals surface area contributed by atoms with Gasteiger partial charge in [-0.3, -0.25) is 9.59 Å². The van der Waals surface area contributed by atoms with Crippen LogP contribution in [0.15, 0.2) is 60.7 Å². The Bertz CT molecular complexity index is 681. The molecule has 2 aromatic rings. The maximum atomic E-state index is 12.3. The Labute approximate surface area is 143 Å². The van der Waals surface area contributed by atoms with Gasteiger partial charge in [0.2, 0.25) is 5.66 Å². The molecule has 124 valence electrons. The molecule has 0 aliphatic rings. The van der Waals surface area contributed by atoms with Crippen LogP contribution in [0.5, 0.6) is 0 Å². The van der Waals surface area contributed by atoms with Crippen molar-refractivity contribution in [2.24, 2.45) is 0 Å². The molecule has 0 atom stereocenters. The number of rotatable bonds is 6. The lowest BCUT2D eigenvalue weighted by atomic mass is 10.1. The number of aliphatic carboxylic acids is 1. The number of hydrogen-bond acceptors (Lipinski definition) is 3. The summed E-state index contributed by atoms with van der Waals surface area (Å²) < 4.78 is 0. The van der Waals surface area contributed by atoms with Crippen molar-refractivity contribution in [1.29, 1.82) is 0 Å². The minimum atomic E-state index is -2.12. The number of carbonyl (C=O) groups is 3. The van der Waals surface area contributed by atoms with Gasteiger partial charge in [-0.25, -0.2) is 4.79 Å². The minimum absolute atomic E-state index is 0.252. The van der Waals surface area contributed by atoms with E-state index in [1.165, 1.54) is 24.3 Å². The van der Waals surface area contributed by atoms with Gasteiger partial charge in [0, 0.05) is 11.1 Å². The van der Waals surface area contributed by atoms with Crippen LogP contribution in [0.25, 0.3) is 0 Å². The van der Waals surface area contributed by atoms with Crippen LogP contribution in [0, 0.1) is 0 Å². The number of halogens is 1. The summed E-state index contributed by atoms with van der Waals surface area (Å²) in [6.07, 6.45) is 0. The second-order valence-electron chi connectivity index (χ2n) is 4.98. The lowest BCUT2D eigenvalue weighted by Gasteiger charge is -2.29. The molecular formula is C17H15ClN2O4. The monoisotopic (exact) mass is 346 g/mol. The molecular weight excluding hydrogens is 332 g/mol. The molecule has 24 heavy (non-hydrogen) atoms. The van der Waals surface area contributed by atoms with Crippen LogP contribution in [-0.2, 0) is 4.79 Å². The van der Waals surface area contributed by atoms with Crippen LogP contribution in [0.2, 0.25) is 0 Å². The van der Waals surface area contributed by atoms with E-state index < -0.39 is 29.3 Å². The van der Waals surface area contributed by atoms with Gasteiger partial charge < -0.3 is 15.7 Å². The largest absolute Gasteiger partial charge is 0.478 e. The third kappa shape index (κ3) is 3.91. The Hall–Kier alpha value is -2.86. The normalized spacial score (nSPS) is 10.7. The number of hydrogen-bond donors (Lipinski definition) is 3. The van der Waals surface area contributed by atoms with Gasteiger partial charge in [-0.1, -0.05) is 36.4 Å². The minimum Gasteiger partial charge on any atom is -0.478 e. The standard InChI is InChI=1S/C17H15ClN2O4/c18-11-17(16(23)24,19-14(21)12-7-3-1-4-8-12)20-15(22)13-9-5-2-6-10-13/h1-10H,11H2,(H,19,21)(H,20,22)(H,23,24). The average Bonchev–Trinajstić information content (AvgIpc) is 2.62. The molecule has 2 amide bonds. The molecule has 0 aliphatic heterocycles.